The van der Waals surface area contributed by atoms with Crippen molar-refractivity contribution in [2.45, 2.75) is 32.0 Å². The molecule has 5 heteroatoms. The number of esters is 1. The maximum atomic E-state index is 11.1. The van der Waals surface area contributed by atoms with Gasteiger partial charge in [0.1, 0.15) is 5.73 Å². The van der Waals surface area contributed by atoms with Crippen LogP contribution in [0.4, 0.5) is 0 Å². The largest absolute Gasteiger partial charge is 0.457 e. The molecule has 0 aliphatic rings. The Morgan fingerprint density at radius 2 is 2.00 bits per heavy atom. The summed E-state index contributed by atoms with van der Waals surface area (Å²) in [6.45, 7) is 7.27. The smallest absolute Gasteiger partial charge is 0.376 e. The molecule has 0 rings (SSSR count). The zero-order valence-corrected chi connectivity index (χ0v) is 10.9. The molecule has 0 fully saturated rings. The lowest BCUT2D eigenvalue weighted by molar-refractivity contribution is -0.141. The van der Waals surface area contributed by atoms with Crippen molar-refractivity contribution in [1.82, 2.24) is 0 Å². The Bertz CT molecular complexity index is 213. The van der Waals surface area contributed by atoms with Crippen molar-refractivity contribution >= 4 is 14.5 Å². The Hall–Kier alpha value is -0.653. The van der Waals surface area contributed by atoms with E-state index in [1.54, 1.807) is 14.2 Å². The Labute approximate surface area is 92.5 Å². The number of hydrogen-bond acceptors (Lipinski definition) is 4. The van der Waals surface area contributed by atoms with Gasteiger partial charge >= 0.3 is 14.5 Å². The van der Waals surface area contributed by atoms with Crippen LogP contribution >= 0.6 is 0 Å². The van der Waals surface area contributed by atoms with E-state index >= 15 is 0 Å². The Balaban J connectivity index is 4.61. The lowest BCUT2D eigenvalue weighted by atomic mass is 10.3. The molecule has 15 heavy (non-hydrogen) atoms. The molecule has 0 aromatic carbocycles. The van der Waals surface area contributed by atoms with Crippen molar-refractivity contribution in [3.8, 4) is 0 Å². The van der Waals surface area contributed by atoms with E-state index in [1.165, 1.54) is 0 Å². The summed E-state index contributed by atoms with van der Waals surface area (Å²) in [7, 11) is 0.749. The van der Waals surface area contributed by atoms with Gasteiger partial charge in [-0.2, -0.15) is 0 Å². The SMILES string of the molecule is C=CC(=O)OC(CCC)[Si](C)(OC)OC. The van der Waals surface area contributed by atoms with E-state index in [1.807, 2.05) is 13.5 Å². The molecule has 0 bridgehead atoms. The van der Waals surface area contributed by atoms with Gasteiger partial charge in [-0.05, 0) is 13.0 Å². The van der Waals surface area contributed by atoms with Crippen LogP contribution in [-0.4, -0.2) is 34.5 Å². The van der Waals surface area contributed by atoms with E-state index in [0.717, 1.165) is 18.9 Å². The van der Waals surface area contributed by atoms with Crippen LogP contribution in [0, 0.1) is 0 Å². The number of hydrogen-bond donors (Lipinski definition) is 0. The number of carbonyl (C=O) groups excluding carboxylic acids is 1. The summed E-state index contributed by atoms with van der Waals surface area (Å²) in [5.41, 5.74) is -0.289. The third-order valence-corrected chi connectivity index (χ3v) is 5.57. The van der Waals surface area contributed by atoms with Crippen LogP contribution in [0.2, 0.25) is 6.55 Å². The summed E-state index contributed by atoms with van der Waals surface area (Å²) in [4.78, 5) is 11.1. The van der Waals surface area contributed by atoms with Gasteiger partial charge in [-0.1, -0.05) is 19.9 Å². The predicted octanol–water partition coefficient (Wildman–Crippen LogP) is 1.79. The minimum Gasteiger partial charge on any atom is -0.457 e. The highest BCUT2D eigenvalue weighted by atomic mass is 28.4. The normalized spacial score (nSPS) is 13.3. The first-order chi connectivity index (χ1) is 7.03. The molecule has 1 atom stereocenters. The molecule has 0 aliphatic carbocycles. The molecule has 4 nitrogen and oxygen atoms in total. The highest BCUT2D eigenvalue weighted by molar-refractivity contribution is 6.67. The minimum absolute atomic E-state index is 0.289. The molecule has 0 aromatic rings. The maximum Gasteiger partial charge on any atom is 0.376 e. The standard InChI is InChI=1S/C10H20O4Si/c1-6-8-10(14-9(11)7-2)15(5,12-3)13-4/h7,10H,2,6,8H2,1,3-5H3. The quantitative estimate of drug-likeness (QED) is 0.381. The van der Waals surface area contributed by atoms with Crippen molar-refractivity contribution in [1.29, 1.82) is 0 Å². The van der Waals surface area contributed by atoms with Gasteiger partial charge in [0.15, 0.2) is 0 Å². The third-order valence-electron chi connectivity index (χ3n) is 2.37. The van der Waals surface area contributed by atoms with E-state index in [4.69, 9.17) is 13.6 Å². The van der Waals surface area contributed by atoms with Crippen LogP contribution in [0.15, 0.2) is 12.7 Å². The Kier molecular flexibility index (Phi) is 6.47. The zero-order chi connectivity index (χ0) is 11.9. The average molecular weight is 232 g/mol. The van der Waals surface area contributed by atoms with Crippen LogP contribution in [0.3, 0.4) is 0 Å². The monoisotopic (exact) mass is 232 g/mol. The summed E-state index contributed by atoms with van der Waals surface area (Å²) in [6.07, 6.45) is 2.80. The van der Waals surface area contributed by atoms with Crippen LogP contribution in [0.25, 0.3) is 0 Å². The molecule has 0 aliphatic heterocycles. The first kappa shape index (κ1) is 14.3. The van der Waals surface area contributed by atoms with Gasteiger partial charge in [-0.25, -0.2) is 4.79 Å². The van der Waals surface area contributed by atoms with E-state index in [-0.39, 0.29) is 5.73 Å². The van der Waals surface area contributed by atoms with Gasteiger partial charge in [-0.3, -0.25) is 0 Å². The van der Waals surface area contributed by atoms with Crippen LogP contribution in [-0.2, 0) is 18.4 Å². The van der Waals surface area contributed by atoms with Crippen molar-refractivity contribution in [2.24, 2.45) is 0 Å². The minimum atomic E-state index is -2.42. The van der Waals surface area contributed by atoms with Crippen molar-refractivity contribution in [3.05, 3.63) is 12.7 Å². The number of rotatable bonds is 7. The second-order valence-electron chi connectivity index (χ2n) is 3.34. The summed E-state index contributed by atoms with van der Waals surface area (Å²) < 4.78 is 15.9. The Morgan fingerprint density at radius 1 is 1.47 bits per heavy atom. The molecule has 0 radical (unpaired) electrons. The molecule has 0 N–H and O–H groups in total. The molecule has 0 spiro atoms. The fourth-order valence-electron chi connectivity index (χ4n) is 1.22. The summed E-state index contributed by atoms with van der Waals surface area (Å²) in [5.74, 6) is -0.429. The van der Waals surface area contributed by atoms with Gasteiger partial charge in [0.05, 0.1) is 0 Å². The van der Waals surface area contributed by atoms with Crippen LogP contribution in [0.5, 0.6) is 0 Å². The molecular formula is C10H20O4Si. The van der Waals surface area contributed by atoms with E-state index in [9.17, 15) is 4.79 Å². The van der Waals surface area contributed by atoms with E-state index in [2.05, 4.69) is 6.58 Å². The molecule has 88 valence electrons. The van der Waals surface area contributed by atoms with E-state index < -0.39 is 14.5 Å². The second-order valence-corrected chi connectivity index (χ2v) is 6.83. The lowest BCUT2D eigenvalue weighted by Crippen LogP contribution is -2.51. The van der Waals surface area contributed by atoms with Crippen LogP contribution < -0.4 is 0 Å². The predicted molar refractivity (Wildman–Crippen MR) is 60.6 cm³/mol. The summed E-state index contributed by atoms with van der Waals surface area (Å²) in [5, 5.41) is 0. The molecule has 0 heterocycles. The van der Waals surface area contributed by atoms with Crippen molar-refractivity contribution in [3.63, 3.8) is 0 Å². The van der Waals surface area contributed by atoms with Gasteiger partial charge in [-0.15, -0.1) is 0 Å². The maximum absolute atomic E-state index is 11.1. The highest BCUT2D eigenvalue weighted by Crippen LogP contribution is 2.18. The first-order valence-electron chi connectivity index (χ1n) is 4.97. The highest BCUT2D eigenvalue weighted by Gasteiger charge is 2.41. The fourth-order valence-corrected chi connectivity index (χ4v) is 3.06. The molecule has 0 saturated heterocycles. The molecule has 0 amide bonds. The van der Waals surface area contributed by atoms with Crippen molar-refractivity contribution < 1.29 is 18.4 Å². The van der Waals surface area contributed by atoms with Crippen LogP contribution in [0.1, 0.15) is 19.8 Å². The second kappa shape index (κ2) is 6.76. The zero-order valence-electron chi connectivity index (χ0n) is 9.91. The molecule has 1 unspecified atom stereocenters. The van der Waals surface area contributed by atoms with Crippen molar-refractivity contribution in [2.75, 3.05) is 14.2 Å². The Morgan fingerprint density at radius 3 is 2.33 bits per heavy atom. The molecule has 0 saturated carbocycles. The summed E-state index contributed by atoms with van der Waals surface area (Å²) >= 11 is 0. The number of carbonyl (C=O) groups is 1. The topological polar surface area (TPSA) is 44.8 Å². The molecule has 0 aromatic heterocycles. The average Bonchev–Trinajstić information content (AvgIpc) is 2.27. The first-order valence-corrected chi connectivity index (χ1v) is 7.36. The van der Waals surface area contributed by atoms with Gasteiger partial charge in [0, 0.05) is 20.3 Å². The van der Waals surface area contributed by atoms with Gasteiger partial charge in [0.2, 0.25) is 0 Å². The van der Waals surface area contributed by atoms with Gasteiger partial charge < -0.3 is 13.6 Å². The fraction of sp³-hybridized carbons (Fsp3) is 0.700. The van der Waals surface area contributed by atoms with E-state index in [0.29, 0.717) is 0 Å². The van der Waals surface area contributed by atoms with Gasteiger partial charge in [0.25, 0.3) is 0 Å². The molecular weight excluding hydrogens is 212 g/mol. The number of ether oxygens (including phenoxy) is 1. The summed E-state index contributed by atoms with van der Waals surface area (Å²) in [6, 6.07) is 0. The third kappa shape index (κ3) is 4.15. The lowest BCUT2D eigenvalue weighted by Gasteiger charge is -2.30.